The minimum absolute atomic E-state index is 0.0583. The Morgan fingerprint density at radius 1 is 1.26 bits per heavy atom. The number of esters is 1. The van der Waals surface area contributed by atoms with Gasteiger partial charge < -0.3 is 9.30 Å². The van der Waals surface area contributed by atoms with Gasteiger partial charge in [0.2, 0.25) is 0 Å². The van der Waals surface area contributed by atoms with E-state index in [9.17, 15) is 14.4 Å². The number of carbonyl (C=O) groups is 2. The smallest absolute Gasteiger partial charge is 0.343 e. The van der Waals surface area contributed by atoms with Gasteiger partial charge in [-0.2, -0.15) is 0 Å². The van der Waals surface area contributed by atoms with Crippen molar-refractivity contribution in [1.29, 1.82) is 0 Å². The highest BCUT2D eigenvalue weighted by molar-refractivity contribution is 5.92. The first-order valence-corrected chi connectivity index (χ1v) is 10.5. The van der Waals surface area contributed by atoms with Crippen LogP contribution in [-0.2, 0) is 16.7 Å². The van der Waals surface area contributed by atoms with E-state index >= 15 is 0 Å². The maximum atomic E-state index is 12.8. The molecule has 1 aliphatic carbocycles. The van der Waals surface area contributed by atoms with Crippen molar-refractivity contribution in [3.8, 4) is 22.4 Å². The number of ether oxygens (including phenoxy) is 1. The van der Waals surface area contributed by atoms with Crippen molar-refractivity contribution in [2.75, 3.05) is 6.61 Å². The Kier molecular flexibility index (Phi) is 4.58. The van der Waals surface area contributed by atoms with Crippen LogP contribution in [0.4, 0.5) is 0 Å². The van der Waals surface area contributed by atoms with Gasteiger partial charge in [0, 0.05) is 46.9 Å². The van der Waals surface area contributed by atoms with Crippen LogP contribution in [0.25, 0.3) is 22.4 Å². The number of rotatable bonds is 4. The molecule has 0 radical (unpaired) electrons. The fraction of sp³-hybridized carbons (Fsp3) is 0.280. The first-order valence-electron chi connectivity index (χ1n) is 10.5. The third-order valence-corrected chi connectivity index (χ3v) is 6.51. The molecule has 2 aromatic heterocycles. The van der Waals surface area contributed by atoms with E-state index in [-0.39, 0.29) is 23.1 Å². The van der Waals surface area contributed by atoms with Crippen molar-refractivity contribution in [1.82, 2.24) is 9.55 Å². The molecule has 2 aliphatic rings. The second-order valence-corrected chi connectivity index (χ2v) is 8.24. The number of hydrogen-bond acceptors (Lipinski definition) is 5. The molecular formula is C25H22N2O4. The predicted molar refractivity (Wildman–Crippen MR) is 116 cm³/mol. The first kappa shape index (κ1) is 19.4. The van der Waals surface area contributed by atoms with E-state index in [1.807, 2.05) is 18.2 Å². The quantitative estimate of drug-likeness (QED) is 0.476. The average molecular weight is 414 g/mol. The molecule has 3 heterocycles. The zero-order valence-electron chi connectivity index (χ0n) is 17.3. The lowest BCUT2D eigenvalue weighted by molar-refractivity contribution is 0.0521. The summed E-state index contributed by atoms with van der Waals surface area (Å²) in [5.74, 6) is -0.594. The molecule has 0 atom stereocenters. The number of nitrogens with zero attached hydrogens (tertiary/aromatic N) is 2. The van der Waals surface area contributed by atoms with Gasteiger partial charge in [-0.1, -0.05) is 6.07 Å². The van der Waals surface area contributed by atoms with Gasteiger partial charge in [0.15, 0.2) is 11.7 Å². The number of fused-ring (bicyclic) bond motifs is 4. The van der Waals surface area contributed by atoms with Gasteiger partial charge in [-0.05, 0) is 61.9 Å². The normalized spacial score (nSPS) is 15.5. The molecule has 6 heteroatoms. The Morgan fingerprint density at radius 3 is 2.74 bits per heavy atom. The van der Waals surface area contributed by atoms with Crippen molar-refractivity contribution >= 4 is 12.3 Å². The predicted octanol–water partition coefficient (Wildman–Crippen LogP) is 4.00. The van der Waals surface area contributed by atoms with E-state index in [1.165, 1.54) is 6.07 Å². The second-order valence-electron chi connectivity index (χ2n) is 8.24. The van der Waals surface area contributed by atoms with Crippen molar-refractivity contribution in [2.45, 2.75) is 38.1 Å². The number of pyridine rings is 2. The highest BCUT2D eigenvalue weighted by Gasteiger charge is 2.43. The lowest BCUT2D eigenvalue weighted by atomic mass is 9.69. The Morgan fingerprint density at radius 2 is 2.10 bits per heavy atom. The van der Waals surface area contributed by atoms with Gasteiger partial charge >= 0.3 is 5.97 Å². The summed E-state index contributed by atoms with van der Waals surface area (Å²) in [4.78, 5) is 41.2. The second kappa shape index (κ2) is 7.30. The van der Waals surface area contributed by atoms with Crippen LogP contribution >= 0.6 is 0 Å². The van der Waals surface area contributed by atoms with Crippen LogP contribution < -0.4 is 5.43 Å². The summed E-state index contributed by atoms with van der Waals surface area (Å²) in [6.07, 6.45) is 9.78. The minimum Gasteiger partial charge on any atom is -0.462 e. The van der Waals surface area contributed by atoms with Gasteiger partial charge in [0.05, 0.1) is 12.3 Å². The SMILES string of the molecule is CCOC(=O)c1cn2c(cc1=O)-c1cc(C=O)c(-c3cccnc3)cc1CC21CCC1. The van der Waals surface area contributed by atoms with Gasteiger partial charge in [-0.25, -0.2) is 4.79 Å². The highest BCUT2D eigenvalue weighted by atomic mass is 16.5. The Hall–Kier alpha value is -3.54. The first-order chi connectivity index (χ1) is 15.1. The zero-order valence-corrected chi connectivity index (χ0v) is 17.3. The van der Waals surface area contributed by atoms with Crippen LogP contribution in [0.15, 0.2) is 53.7 Å². The molecule has 1 spiro atoms. The summed E-state index contributed by atoms with van der Waals surface area (Å²) in [6.45, 7) is 1.94. The van der Waals surface area contributed by atoms with Crippen molar-refractivity contribution < 1.29 is 14.3 Å². The summed E-state index contributed by atoms with van der Waals surface area (Å²) in [5.41, 5.74) is 4.52. The maximum Gasteiger partial charge on any atom is 0.343 e. The molecule has 156 valence electrons. The molecule has 1 fully saturated rings. The van der Waals surface area contributed by atoms with Crippen LogP contribution in [0.5, 0.6) is 0 Å². The van der Waals surface area contributed by atoms with E-state index in [1.54, 1.807) is 25.5 Å². The summed E-state index contributed by atoms with van der Waals surface area (Å²) in [6, 6.07) is 9.22. The van der Waals surface area contributed by atoms with E-state index in [2.05, 4.69) is 15.6 Å². The number of aldehydes is 1. The standard InChI is InChI=1S/C25H22N2O4/c1-2-31-24(30)21-14-27-22(11-23(21)29)20-10-18(15-28)19(16-5-3-8-26-13-16)9-17(20)12-25(27)6-4-7-25/h3,5,8-11,13-15H,2,4,6-7,12H2,1H3. The highest BCUT2D eigenvalue weighted by Crippen LogP contribution is 2.49. The van der Waals surface area contributed by atoms with Gasteiger partial charge in [-0.15, -0.1) is 0 Å². The molecule has 0 N–H and O–H groups in total. The molecule has 0 amide bonds. The topological polar surface area (TPSA) is 78.3 Å². The summed E-state index contributed by atoms with van der Waals surface area (Å²) in [5, 5.41) is 0. The Balaban J connectivity index is 1.73. The molecule has 0 saturated heterocycles. The summed E-state index contributed by atoms with van der Waals surface area (Å²) in [7, 11) is 0. The number of aromatic nitrogens is 2. The largest absolute Gasteiger partial charge is 0.462 e. The third-order valence-electron chi connectivity index (χ3n) is 6.51. The van der Waals surface area contributed by atoms with Crippen molar-refractivity contribution in [3.63, 3.8) is 0 Å². The number of hydrogen-bond donors (Lipinski definition) is 0. The maximum absolute atomic E-state index is 12.8. The summed E-state index contributed by atoms with van der Waals surface area (Å²) >= 11 is 0. The Labute approximate surface area is 179 Å². The van der Waals surface area contributed by atoms with Crippen LogP contribution in [0.3, 0.4) is 0 Å². The van der Waals surface area contributed by atoms with Crippen LogP contribution in [0.2, 0.25) is 0 Å². The molecule has 0 unspecified atom stereocenters. The van der Waals surface area contributed by atoms with E-state index < -0.39 is 5.97 Å². The lowest BCUT2D eigenvalue weighted by Crippen LogP contribution is -2.46. The average Bonchev–Trinajstić information content (AvgIpc) is 2.76. The van der Waals surface area contributed by atoms with Gasteiger partial charge in [0.25, 0.3) is 0 Å². The van der Waals surface area contributed by atoms with E-state index in [0.717, 1.165) is 59.9 Å². The Bertz CT molecular complexity index is 1260. The zero-order chi connectivity index (χ0) is 21.6. The van der Waals surface area contributed by atoms with E-state index in [0.29, 0.717) is 5.56 Å². The monoisotopic (exact) mass is 414 g/mol. The van der Waals surface area contributed by atoms with Crippen LogP contribution in [0, 0.1) is 0 Å². The molecule has 0 bridgehead atoms. The van der Waals surface area contributed by atoms with Crippen LogP contribution in [-0.4, -0.2) is 28.4 Å². The number of carbonyl (C=O) groups excluding carboxylic acids is 2. The minimum atomic E-state index is -0.594. The fourth-order valence-corrected chi connectivity index (χ4v) is 4.85. The molecule has 1 aliphatic heterocycles. The summed E-state index contributed by atoms with van der Waals surface area (Å²) < 4.78 is 7.16. The van der Waals surface area contributed by atoms with Crippen molar-refractivity contribution in [2.24, 2.45) is 0 Å². The molecule has 5 rings (SSSR count). The van der Waals surface area contributed by atoms with Gasteiger partial charge in [0.1, 0.15) is 5.56 Å². The van der Waals surface area contributed by atoms with Crippen LogP contribution in [0.1, 0.15) is 52.5 Å². The molecule has 1 aromatic carbocycles. The molecular weight excluding hydrogens is 392 g/mol. The lowest BCUT2D eigenvalue weighted by Gasteiger charge is -2.49. The number of benzene rings is 1. The fourth-order valence-electron chi connectivity index (χ4n) is 4.85. The van der Waals surface area contributed by atoms with Gasteiger partial charge in [-0.3, -0.25) is 14.6 Å². The molecule has 3 aromatic rings. The van der Waals surface area contributed by atoms with E-state index in [4.69, 9.17) is 4.74 Å². The third kappa shape index (κ3) is 3.02. The molecule has 31 heavy (non-hydrogen) atoms. The molecule has 1 saturated carbocycles. The van der Waals surface area contributed by atoms with Crippen molar-refractivity contribution in [3.05, 3.63) is 75.8 Å². The molecule has 6 nitrogen and oxygen atoms in total.